The lowest BCUT2D eigenvalue weighted by Gasteiger charge is -2.47. The van der Waals surface area contributed by atoms with Crippen molar-refractivity contribution in [3.63, 3.8) is 0 Å². The van der Waals surface area contributed by atoms with E-state index in [9.17, 15) is 9.90 Å². The molecule has 0 bridgehead atoms. The fourth-order valence-corrected chi connectivity index (χ4v) is 4.80. The van der Waals surface area contributed by atoms with Crippen LogP contribution in [0.3, 0.4) is 0 Å². The number of hydrogen-bond donors (Lipinski definition) is 1. The minimum absolute atomic E-state index is 0.238. The van der Waals surface area contributed by atoms with E-state index in [-0.39, 0.29) is 5.78 Å². The van der Waals surface area contributed by atoms with Crippen LogP contribution < -0.4 is 4.74 Å². The second-order valence-electron chi connectivity index (χ2n) is 7.10. The SMILES string of the molecule is COc1ccc2c(c1)CCC1=C2CC[C@]2(C)C(=O)CC[C@]12O. The molecule has 1 aromatic carbocycles. The molecule has 116 valence electrons. The molecule has 1 saturated carbocycles. The minimum Gasteiger partial charge on any atom is -0.497 e. The highest BCUT2D eigenvalue weighted by molar-refractivity contribution is 5.92. The Balaban J connectivity index is 1.87. The highest BCUT2D eigenvalue weighted by Crippen LogP contribution is 2.58. The molecule has 3 aliphatic carbocycles. The number of fused-ring (bicyclic) bond motifs is 4. The number of Topliss-reactive ketones (excluding diaryl/α,β-unsaturated/α-hetero) is 1. The molecule has 0 radical (unpaired) electrons. The average molecular weight is 298 g/mol. The summed E-state index contributed by atoms with van der Waals surface area (Å²) in [6, 6.07) is 6.22. The molecule has 0 aliphatic heterocycles. The van der Waals surface area contributed by atoms with Crippen LogP contribution in [0.1, 0.15) is 50.2 Å². The van der Waals surface area contributed by atoms with Crippen molar-refractivity contribution < 1.29 is 14.6 Å². The number of aliphatic hydroxyl groups is 1. The van der Waals surface area contributed by atoms with Crippen molar-refractivity contribution in [1.82, 2.24) is 0 Å². The first-order valence-electron chi connectivity index (χ1n) is 8.15. The van der Waals surface area contributed by atoms with Gasteiger partial charge in [0, 0.05) is 6.42 Å². The van der Waals surface area contributed by atoms with Gasteiger partial charge in [0.25, 0.3) is 0 Å². The van der Waals surface area contributed by atoms with Crippen molar-refractivity contribution in [3.8, 4) is 5.75 Å². The maximum absolute atomic E-state index is 12.3. The maximum Gasteiger partial charge on any atom is 0.142 e. The van der Waals surface area contributed by atoms with Gasteiger partial charge < -0.3 is 9.84 Å². The Bertz CT molecular complexity index is 703. The minimum atomic E-state index is -0.921. The van der Waals surface area contributed by atoms with Gasteiger partial charge in [0.1, 0.15) is 11.5 Å². The summed E-state index contributed by atoms with van der Waals surface area (Å²) in [5.41, 5.74) is 3.46. The van der Waals surface area contributed by atoms with E-state index >= 15 is 0 Å². The lowest BCUT2D eigenvalue weighted by Crippen LogP contribution is -2.50. The van der Waals surface area contributed by atoms with Gasteiger partial charge in [-0.25, -0.2) is 0 Å². The zero-order chi connectivity index (χ0) is 15.5. The van der Waals surface area contributed by atoms with Crippen LogP contribution in [-0.4, -0.2) is 23.6 Å². The molecular formula is C19H22O3. The van der Waals surface area contributed by atoms with Gasteiger partial charge in [-0.1, -0.05) is 6.07 Å². The van der Waals surface area contributed by atoms with E-state index in [1.807, 2.05) is 13.0 Å². The highest BCUT2D eigenvalue weighted by atomic mass is 16.5. The van der Waals surface area contributed by atoms with Crippen LogP contribution in [0.25, 0.3) is 5.57 Å². The molecule has 2 atom stereocenters. The zero-order valence-corrected chi connectivity index (χ0v) is 13.2. The lowest BCUT2D eigenvalue weighted by atomic mass is 9.60. The number of ether oxygens (including phenoxy) is 1. The Kier molecular flexibility index (Phi) is 2.83. The molecule has 0 aromatic heterocycles. The third-order valence-corrected chi connectivity index (χ3v) is 6.26. The first-order chi connectivity index (χ1) is 10.5. The highest BCUT2D eigenvalue weighted by Gasteiger charge is 2.60. The van der Waals surface area contributed by atoms with Crippen molar-refractivity contribution >= 4 is 11.4 Å². The largest absolute Gasteiger partial charge is 0.497 e. The Hall–Kier alpha value is -1.61. The van der Waals surface area contributed by atoms with Crippen molar-refractivity contribution in [2.75, 3.05) is 7.11 Å². The standard InChI is InChI=1S/C19H22O3/c1-18-9-7-15-14-5-4-13(22-2)11-12(14)3-6-16(15)19(18,21)10-8-17(18)20/h4-5,11,21H,3,6-10H2,1-2H3/t18-,19+/m1/s1. The summed E-state index contributed by atoms with van der Waals surface area (Å²) in [6.45, 7) is 1.97. The molecule has 1 N–H and O–H groups in total. The van der Waals surface area contributed by atoms with Crippen molar-refractivity contribution in [1.29, 1.82) is 0 Å². The third-order valence-electron chi connectivity index (χ3n) is 6.26. The number of aryl methyl sites for hydroxylation is 1. The summed E-state index contributed by atoms with van der Waals surface area (Å²) in [7, 11) is 1.69. The fraction of sp³-hybridized carbons (Fsp3) is 0.526. The number of allylic oxidation sites excluding steroid dienone is 1. The summed E-state index contributed by atoms with van der Waals surface area (Å²) in [5, 5.41) is 11.4. The number of hydrogen-bond acceptors (Lipinski definition) is 3. The van der Waals surface area contributed by atoms with Crippen LogP contribution in [0.5, 0.6) is 5.75 Å². The second kappa shape index (κ2) is 4.45. The molecule has 0 heterocycles. The smallest absolute Gasteiger partial charge is 0.142 e. The summed E-state index contributed by atoms with van der Waals surface area (Å²) < 4.78 is 5.33. The van der Waals surface area contributed by atoms with Gasteiger partial charge >= 0.3 is 0 Å². The van der Waals surface area contributed by atoms with Gasteiger partial charge in [0.15, 0.2) is 0 Å². The number of carbonyl (C=O) groups is 1. The summed E-state index contributed by atoms with van der Waals surface area (Å²) in [4.78, 5) is 12.3. The molecule has 0 unspecified atom stereocenters. The van der Waals surface area contributed by atoms with Crippen molar-refractivity contribution in [2.24, 2.45) is 5.41 Å². The number of carbonyl (C=O) groups excluding carboxylic acids is 1. The Morgan fingerprint density at radius 1 is 1.14 bits per heavy atom. The summed E-state index contributed by atoms with van der Waals surface area (Å²) >= 11 is 0. The zero-order valence-electron chi connectivity index (χ0n) is 13.2. The van der Waals surface area contributed by atoms with Crippen molar-refractivity contribution in [3.05, 3.63) is 34.9 Å². The van der Waals surface area contributed by atoms with Gasteiger partial charge in [-0.3, -0.25) is 4.79 Å². The van der Waals surface area contributed by atoms with Gasteiger partial charge in [-0.05, 0) is 73.4 Å². The van der Waals surface area contributed by atoms with Crippen LogP contribution >= 0.6 is 0 Å². The van der Waals surface area contributed by atoms with Crippen LogP contribution in [0.15, 0.2) is 23.8 Å². The molecule has 1 fully saturated rings. The molecule has 22 heavy (non-hydrogen) atoms. The summed E-state index contributed by atoms with van der Waals surface area (Å²) in [5.74, 6) is 1.13. The van der Waals surface area contributed by atoms with Crippen LogP contribution in [0.4, 0.5) is 0 Å². The predicted molar refractivity (Wildman–Crippen MR) is 84.8 cm³/mol. The molecule has 0 amide bonds. The van der Waals surface area contributed by atoms with Crippen LogP contribution in [0.2, 0.25) is 0 Å². The van der Waals surface area contributed by atoms with Crippen LogP contribution in [-0.2, 0) is 11.2 Å². The van der Waals surface area contributed by atoms with E-state index in [2.05, 4.69) is 12.1 Å². The molecule has 1 aromatic rings. The molecular weight excluding hydrogens is 276 g/mol. The van der Waals surface area contributed by atoms with Gasteiger partial charge in [0.2, 0.25) is 0 Å². The molecule has 0 saturated heterocycles. The number of rotatable bonds is 1. The van der Waals surface area contributed by atoms with Gasteiger partial charge in [0.05, 0.1) is 18.1 Å². The predicted octanol–water partition coefficient (Wildman–Crippen LogP) is 3.29. The normalized spacial score (nSPS) is 33.3. The van der Waals surface area contributed by atoms with Crippen LogP contribution in [0, 0.1) is 5.41 Å². The Morgan fingerprint density at radius 2 is 1.95 bits per heavy atom. The second-order valence-corrected chi connectivity index (χ2v) is 7.10. The third kappa shape index (κ3) is 1.58. The molecule has 4 rings (SSSR count). The van der Waals surface area contributed by atoms with E-state index in [0.29, 0.717) is 12.8 Å². The molecule has 3 nitrogen and oxygen atoms in total. The van der Waals surface area contributed by atoms with Crippen molar-refractivity contribution in [2.45, 2.75) is 51.0 Å². The molecule has 3 aliphatic rings. The van der Waals surface area contributed by atoms with Gasteiger partial charge in [-0.15, -0.1) is 0 Å². The topological polar surface area (TPSA) is 46.5 Å². The molecule has 0 spiro atoms. The Morgan fingerprint density at radius 3 is 2.73 bits per heavy atom. The lowest BCUT2D eigenvalue weighted by molar-refractivity contribution is -0.133. The first kappa shape index (κ1) is 14.0. The number of methoxy groups -OCH3 is 1. The van der Waals surface area contributed by atoms with Gasteiger partial charge in [-0.2, -0.15) is 0 Å². The summed E-state index contributed by atoms with van der Waals surface area (Å²) in [6.07, 6.45) is 4.52. The van der Waals surface area contributed by atoms with E-state index in [4.69, 9.17) is 4.74 Å². The van der Waals surface area contributed by atoms with E-state index in [1.54, 1.807) is 7.11 Å². The quantitative estimate of drug-likeness (QED) is 0.865. The average Bonchev–Trinajstić information content (AvgIpc) is 2.78. The van der Waals surface area contributed by atoms with E-state index in [1.165, 1.54) is 16.7 Å². The fourth-order valence-electron chi connectivity index (χ4n) is 4.80. The van der Waals surface area contributed by atoms with E-state index < -0.39 is 11.0 Å². The number of benzene rings is 1. The first-order valence-corrected chi connectivity index (χ1v) is 8.15. The Labute approximate surface area is 131 Å². The molecule has 3 heteroatoms. The monoisotopic (exact) mass is 298 g/mol. The number of ketones is 1. The van der Waals surface area contributed by atoms with E-state index in [0.717, 1.165) is 37.0 Å². The maximum atomic E-state index is 12.3.